The monoisotopic (exact) mass is 239 g/mol. The Labute approximate surface area is 108 Å². The molecular formula is C14H29N3. The van der Waals surface area contributed by atoms with Crippen LogP contribution in [0.1, 0.15) is 40.5 Å². The van der Waals surface area contributed by atoms with Gasteiger partial charge in [-0.3, -0.25) is 0 Å². The first-order valence-corrected chi connectivity index (χ1v) is 6.38. The van der Waals surface area contributed by atoms with Crippen molar-refractivity contribution in [1.82, 2.24) is 9.80 Å². The topological polar surface area (TPSA) is 30.3 Å². The van der Waals surface area contributed by atoms with E-state index in [0.717, 1.165) is 25.9 Å². The normalized spacial score (nSPS) is 11.2. The summed E-state index contributed by atoms with van der Waals surface area (Å²) in [5, 5.41) is 8.62. The van der Waals surface area contributed by atoms with Crippen LogP contribution in [-0.4, -0.2) is 44.0 Å². The van der Waals surface area contributed by atoms with Crippen molar-refractivity contribution in [1.29, 1.82) is 5.26 Å². The standard InChI is InChI=1S/C12H23N3.C2H6/c1-11(6-8-14(3)4)12(2)7-9-15(5)10-13;1-2/h6-9H2,1-5H3;1-2H3/b12-11-;. The highest BCUT2D eigenvalue weighted by molar-refractivity contribution is 5.10. The predicted molar refractivity (Wildman–Crippen MR) is 75.8 cm³/mol. The lowest BCUT2D eigenvalue weighted by Gasteiger charge is -2.13. The Kier molecular flexibility index (Phi) is 12.4. The van der Waals surface area contributed by atoms with Crippen molar-refractivity contribution in [3.05, 3.63) is 11.1 Å². The zero-order chi connectivity index (χ0) is 13.8. The van der Waals surface area contributed by atoms with Crippen LogP contribution in [0, 0.1) is 11.5 Å². The van der Waals surface area contributed by atoms with Crippen molar-refractivity contribution in [3.8, 4) is 6.19 Å². The second kappa shape index (κ2) is 11.5. The molecule has 3 heteroatoms. The van der Waals surface area contributed by atoms with E-state index in [4.69, 9.17) is 5.26 Å². The van der Waals surface area contributed by atoms with Crippen LogP contribution in [0.5, 0.6) is 0 Å². The molecule has 0 N–H and O–H groups in total. The minimum Gasteiger partial charge on any atom is -0.313 e. The van der Waals surface area contributed by atoms with Gasteiger partial charge in [-0.2, -0.15) is 5.26 Å². The van der Waals surface area contributed by atoms with Crippen molar-refractivity contribution in [3.63, 3.8) is 0 Å². The summed E-state index contributed by atoms with van der Waals surface area (Å²) < 4.78 is 0. The summed E-state index contributed by atoms with van der Waals surface area (Å²) >= 11 is 0. The molecule has 0 rings (SSSR count). The van der Waals surface area contributed by atoms with Gasteiger partial charge in [0.2, 0.25) is 0 Å². The van der Waals surface area contributed by atoms with Crippen molar-refractivity contribution in [2.24, 2.45) is 0 Å². The van der Waals surface area contributed by atoms with E-state index in [1.165, 1.54) is 11.1 Å². The Morgan fingerprint density at radius 2 is 1.35 bits per heavy atom. The van der Waals surface area contributed by atoms with E-state index in [0.29, 0.717) is 0 Å². The maximum atomic E-state index is 8.62. The second-order valence-corrected chi connectivity index (χ2v) is 4.39. The van der Waals surface area contributed by atoms with E-state index in [2.05, 4.69) is 39.0 Å². The number of nitrogens with zero attached hydrogens (tertiary/aromatic N) is 3. The van der Waals surface area contributed by atoms with E-state index >= 15 is 0 Å². The highest BCUT2D eigenvalue weighted by Gasteiger charge is 2.00. The Bertz CT molecular complexity index is 249. The van der Waals surface area contributed by atoms with Gasteiger partial charge in [0, 0.05) is 20.1 Å². The highest BCUT2D eigenvalue weighted by atomic mass is 15.1. The minimum atomic E-state index is 0.821. The Morgan fingerprint density at radius 1 is 0.941 bits per heavy atom. The fourth-order valence-electron chi connectivity index (χ4n) is 1.20. The molecule has 0 radical (unpaired) electrons. The molecule has 0 unspecified atom stereocenters. The molecule has 100 valence electrons. The quantitative estimate of drug-likeness (QED) is 0.405. The maximum Gasteiger partial charge on any atom is 0.179 e. The van der Waals surface area contributed by atoms with E-state index in [9.17, 15) is 0 Å². The number of rotatable bonds is 6. The third kappa shape index (κ3) is 11.3. The summed E-state index contributed by atoms with van der Waals surface area (Å²) in [5.74, 6) is 0. The average molecular weight is 239 g/mol. The lowest BCUT2D eigenvalue weighted by atomic mass is 10.1. The molecule has 0 saturated heterocycles. The van der Waals surface area contributed by atoms with E-state index in [1.807, 2.05) is 20.9 Å². The van der Waals surface area contributed by atoms with Crippen LogP contribution in [0.3, 0.4) is 0 Å². The van der Waals surface area contributed by atoms with Crippen LogP contribution in [0.25, 0.3) is 0 Å². The van der Waals surface area contributed by atoms with Gasteiger partial charge in [0.05, 0.1) is 0 Å². The van der Waals surface area contributed by atoms with Gasteiger partial charge in [0.25, 0.3) is 0 Å². The second-order valence-electron chi connectivity index (χ2n) is 4.39. The third-order valence-corrected chi connectivity index (χ3v) is 2.66. The predicted octanol–water partition coefficient (Wildman–Crippen LogP) is 3.10. The molecule has 0 spiro atoms. The molecule has 0 aromatic heterocycles. The van der Waals surface area contributed by atoms with Crippen LogP contribution in [0.15, 0.2) is 11.1 Å². The lowest BCUT2D eigenvalue weighted by molar-refractivity contribution is 0.411. The zero-order valence-corrected chi connectivity index (χ0v) is 12.7. The molecule has 0 aliphatic carbocycles. The first-order chi connectivity index (χ1) is 7.97. The molecule has 0 aromatic rings. The maximum absolute atomic E-state index is 8.62. The summed E-state index contributed by atoms with van der Waals surface area (Å²) in [6, 6.07) is 0. The number of nitriles is 1. The molecule has 0 aliphatic heterocycles. The fourth-order valence-corrected chi connectivity index (χ4v) is 1.20. The van der Waals surface area contributed by atoms with Crippen LogP contribution in [0.2, 0.25) is 0 Å². The minimum absolute atomic E-state index is 0.821. The summed E-state index contributed by atoms with van der Waals surface area (Å²) in [6.45, 7) is 10.3. The Hall–Kier alpha value is -1.01. The SMILES string of the molecule is C/C(CCN(C)C)=C(\C)CCN(C)C#N.CC. The van der Waals surface area contributed by atoms with Crippen molar-refractivity contribution >= 4 is 0 Å². The summed E-state index contributed by atoms with van der Waals surface area (Å²) in [4.78, 5) is 3.86. The molecule has 0 fully saturated rings. The van der Waals surface area contributed by atoms with E-state index in [-0.39, 0.29) is 0 Å². The molecule has 0 atom stereocenters. The van der Waals surface area contributed by atoms with Crippen molar-refractivity contribution < 1.29 is 0 Å². The molecule has 0 amide bonds. The molecule has 0 saturated carbocycles. The summed E-state index contributed by atoms with van der Waals surface area (Å²) in [7, 11) is 6.00. The van der Waals surface area contributed by atoms with Crippen LogP contribution in [-0.2, 0) is 0 Å². The molecule has 0 bridgehead atoms. The summed E-state index contributed by atoms with van der Waals surface area (Å²) in [6.07, 6.45) is 4.22. The zero-order valence-electron chi connectivity index (χ0n) is 12.7. The van der Waals surface area contributed by atoms with Gasteiger partial charge in [0.1, 0.15) is 0 Å². The van der Waals surface area contributed by atoms with Crippen LogP contribution >= 0.6 is 0 Å². The average Bonchev–Trinajstić information content (AvgIpc) is 2.34. The van der Waals surface area contributed by atoms with E-state index < -0.39 is 0 Å². The first-order valence-electron chi connectivity index (χ1n) is 6.38. The lowest BCUT2D eigenvalue weighted by Crippen LogP contribution is -2.15. The third-order valence-electron chi connectivity index (χ3n) is 2.66. The Balaban J connectivity index is 0. The molecule has 0 aromatic carbocycles. The number of hydrogen-bond acceptors (Lipinski definition) is 3. The van der Waals surface area contributed by atoms with Crippen LogP contribution in [0.4, 0.5) is 0 Å². The van der Waals surface area contributed by atoms with Gasteiger partial charge in [-0.05, 0) is 40.8 Å². The molecule has 0 heterocycles. The molecule has 17 heavy (non-hydrogen) atoms. The molecule has 0 aliphatic rings. The van der Waals surface area contributed by atoms with Crippen molar-refractivity contribution in [2.45, 2.75) is 40.5 Å². The van der Waals surface area contributed by atoms with E-state index in [1.54, 1.807) is 4.90 Å². The van der Waals surface area contributed by atoms with Crippen molar-refractivity contribution in [2.75, 3.05) is 34.2 Å². The highest BCUT2D eigenvalue weighted by Crippen LogP contribution is 2.11. The van der Waals surface area contributed by atoms with Gasteiger partial charge in [-0.15, -0.1) is 0 Å². The first kappa shape index (κ1) is 18.4. The van der Waals surface area contributed by atoms with Gasteiger partial charge in [-0.25, -0.2) is 0 Å². The molecule has 3 nitrogen and oxygen atoms in total. The fraction of sp³-hybridized carbons (Fsp3) is 0.786. The van der Waals surface area contributed by atoms with Gasteiger partial charge in [-0.1, -0.05) is 25.0 Å². The largest absolute Gasteiger partial charge is 0.313 e. The van der Waals surface area contributed by atoms with Gasteiger partial charge >= 0.3 is 0 Å². The smallest absolute Gasteiger partial charge is 0.179 e. The summed E-state index contributed by atoms with van der Waals surface area (Å²) in [5.41, 5.74) is 2.87. The van der Waals surface area contributed by atoms with Crippen LogP contribution < -0.4 is 0 Å². The number of hydrogen-bond donors (Lipinski definition) is 0. The van der Waals surface area contributed by atoms with Gasteiger partial charge < -0.3 is 9.80 Å². The Morgan fingerprint density at radius 3 is 1.71 bits per heavy atom. The van der Waals surface area contributed by atoms with Gasteiger partial charge in [0.15, 0.2) is 6.19 Å². The molecular weight excluding hydrogens is 210 g/mol.